The lowest BCUT2D eigenvalue weighted by Crippen LogP contribution is -2.39. The van der Waals surface area contributed by atoms with E-state index in [1.165, 1.54) is 4.70 Å². The number of hydrogen-bond donors (Lipinski definition) is 0. The summed E-state index contributed by atoms with van der Waals surface area (Å²) >= 11 is 1.72. The molecule has 8 heteroatoms. The van der Waals surface area contributed by atoms with Gasteiger partial charge >= 0.3 is 0 Å². The van der Waals surface area contributed by atoms with Gasteiger partial charge in [0, 0.05) is 38.6 Å². The molecule has 1 aromatic carbocycles. The number of fused-ring (bicyclic) bond motifs is 1. The molecule has 2 saturated heterocycles. The van der Waals surface area contributed by atoms with Crippen LogP contribution in [0.15, 0.2) is 28.8 Å². The van der Waals surface area contributed by atoms with Crippen LogP contribution in [-0.2, 0) is 16.0 Å². The molecule has 0 N–H and O–H groups in total. The molecule has 1 atom stereocenters. The Morgan fingerprint density at radius 1 is 1.13 bits per heavy atom. The fourth-order valence-electron chi connectivity index (χ4n) is 4.52. The van der Waals surface area contributed by atoms with Gasteiger partial charge in [0.25, 0.3) is 0 Å². The highest BCUT2D eigenvalue weighted by Gasteiger charge is 2.30. The monoisotopic (exact) mass is 440 g/mol. The molecule has 0 saturated carbocycles. The first-order chi connectivity index (χ1) is 15.3. The maximum absolute atomic E-state index is 12.8. The molecule has 2 fully saturated rings. The number of piperidine rings is 1. The van der Waals surface area contributed by atoms with Crippen LogP contribution in [-0.4, -0.2) is 52.2 Å². The van der Waals surface area contributed by atoms with Crippen LogP contribution in [0.25, 0.3) is 10.2 Å². The number of rotatable bonds is 6. The first-order valence-corrected chi connectivity index (χ1v) is 12.1. The zero-order valence-electron chi connectivity index (χ0n) is 17.7. The van der Waals surface area contributed by atoms with Crippen molar-refractivity contribution in [3.8, 4) is 0 Å². The molecule has 1 amide bonds. The number of benzene rings is 1. The third-order valence-electron chi connectivity index (χ3n) is 6.29. The number of aromatic nitrogens is 3. The molecular formula is C23H28N4O3S. The van der Waals surface area contributed by atoms with Crippen LogP contribution < -0.4 is 0 Å². The van der Waals surface area contributed by atoms with Gasteiger partial charge in [-0.2, -0.15) is 4.98 Å². The lowest BCUT2D eigenvalue weighted by molar-refractivity contribution is -0.132. The average molecular weight is 441 g/mol. The lowest BCUT2D eigenvalue weighted by Gasteiger charge is -2.31. The van der Waals surface area contributed by atoms with Crippen LogP contribution in [0, 0.1) is 0 Å². The summed E-state index contributed by atoms with van der Waals surface area (Å²) in [4.78, 5) is 24.2. The average Bonchev–Trinajstić information content (AvgIpc) is 3.47. The van der Waals surface area contributed by atoms with Gasteiger partial charge in [0.2, 0.25) is 11.8 Å². The molecule has 1 unspecified atom stereocenters. The van der Waals surface area contributed by atoms with E-state index < -0.39 is 0 Å². The topological polar surface area (TPSA) is 81.4 Å². The summed E-state index contributed by atoms with van der Waals surface area (Å²) < 4.78 is 12.2. The van der Waals surface area contributed by atoms with E-state index in [0.29, 0.717) is 24.8 Å². The third-order valence-corrected chi connectivity index (χ3v) is 7.38. The number of amides is 1. The van der Waals surface area contributed by atoms with E-state index in [9.17, 15) is 4.79 Å². The second kappa shape index (κ2) is 9.44. The van der Waals surface area contributed by atoms with E-state index in [2.05, 4.69) is 16.2 Å². The molecule has 3 aromatic rings. The zero-order chi connectivity index (χ0) is 21.0. The Kier molecular flexibility index (Phi) is 6.27. The van der Waals surface area contributed by atoms with Crippen molar-refractivity contribution in [1.29, 1.82) is 0 Å². The second-order valence-electron chi connectivity index (χ2n) is 8.49. The Labute approximate surface area is 185 Å². The lowest BCUT2D eigenvalue weighted by atomic mass is 9.97. The summed E-state index contributed by atoms with van der Waals surface area (Å²) in [5, 5.41) is 5.34. The van der Waals surface area contributed by atoms with Crippen molar-refractivity contribution in [3.63, 3.8) is 0 Å². The predicted molar refractivity (Wildman–Crippen MR) is 118 cm³/mol. The fraction of sp³-hybridized carbons (Fsp3) is 0.565. The molecule has 31 heavy (non-hydrogen) atoms. The SMILES string of the molecule is O=C(CCCc1nc2ccccc2s1)N1CCCC(c2nc(C3CCOCC3)no2)C1. The molecule has 2 aliphatic rings. The minimum Gasteiger partial charge on any atom is -0.381 e. The molecule has 0 radical (unpaired) electrons. The van der Waals surface area contributed by atoms with Crippen molar-refractivity contribution in [2.75, 3.05) is 26.3 Å². The molecule has 7 nitrogen and oxygen atoms in total. The van der Waals surface area contributed by atoms with E-state index in [4.69, 9.17) is 14.2 Å². The van der Waals surface area contributed by atoms with Crippen molar-refractivity contribution in [1.82, 2.24) is 20.0 Å². The Morgan fingerprint density at radius 2 is 2.00 bits per heavy atom. The summed E-state index contributed by atoms with van der Waals surface area (Å²) in [6, 6.07) is 8.19. The van der Waals surface area contributed by atoms with Crippen molar-refractivity contribution in [3.05, 3.63) is 41.0 Å². The standard InChI is InChI=1S/C23H28N4O3S/c28-21(9-3-8-20-24-18-6-1-2-7-19(18)31-20)27-12-4-5-17(15-27)23-25-22(26-30-23)16-10-13-29-14-11-16/h1-2,6-7,16-17H,3-5,8-15H2. The van der Waals surface area contributed by atoms with Gasteiger partial charge in [-0.1, -0.05) is 17.3 Å². The number of thiazole rings is 1. The smallest absolute Gasteiger partial charge is 0.231 e. The van der Waals surface area contributed by atoms with Crippen LogP contribution in [0.3, 0.4) is 0 Å². The Balaban J connectivity index is 1.13. The third kappa shape index (κ3) is 4.80. The molecule has 4 heterocycles. The van der Waals surface area contributed by atoms with Crippen LogP contribution >= 0.6 is 11.3 Å². The highest BCUT2D eigenvalue weighted by molar-refractivity contribution is 7.18. The molecular weight excluding hydrogens is 412 g/mol. The zero-order valence-corrected chi connectivity index (χ0v) is 18.5. The Bertz CT molecular complexity index is 994. The van der Waals surface area contributed by atoms with Gasteiger partial charge in [0.1, 0.15) is 0 Å². The molecule has 164 valence electrons. The van der Waals surface area contributed by atoms with E-state index >= 15 is 0 Å². The second-order valence-corrected chi connectivity index (χ2v) is 9.60. The highest BCUT2D eigenvalue weighted by atomic mass is 32.1. The van der Waals surface area contributed by atoms with Gasteiger partial charge in [0.05, 0.1) is 21.1 Å². The maximum atomic E-state index is 12.8. The Morgan fingerprint density at radius 3 is 2.87 bits per heavy atom. The summed E-state index contributed by atoms with van der Waals surface area (Å²) in [5.41, 5.74) is 1.05. The minimum absolute atomic E-state index is 0.142. The maximum Gasteiger partial charge on any atom is 0.231 e. The van der Waals surface area contributed by atoms with Crippen molar-refractivity contribution < 1.29 is 14.1 Å². The minimum atomic E-state index is 0.142. The van der Waals surface area contributed by atoms with Crippen molar-refractivity contribution in [2.45, 2.75) is 56.8 Å². The van der Waals surface area contributed by atoms with E-state index in [1.807, 2.05) is 23.1 Å². The van der Waals surface area contributed by atoms with Crippen LogP contribution in [0.5, 0.6) is 0 Å². The van der Waals surface area contributed by atoms with E-state index in [1.54, 1.807) is 11.3 Å². The van der Waals surface area contributed by atoms with Crippen LogP contribution in [0.1, 0.15) is 67.1 Å². The fourth-order valence-corrected chi connectivity index (χ4v) is 5.52. The number of nitrogens with zero attached hydrogens (tertiary/aromatic N) is 4. The number of likely N-dealkylation sites (tertiary alicyclic amines) is 1. The Hall–Kier alpha value is -2.32. The number of carbonyl (C=O) groups excluding carboxylic acids is 1. The van der Waals surface area contributed by atoms with Gasteiger partial charge in [-0.15, -0.1) is 11.3 Å². The van der Waals surface area contributed by atoms with E-state index in [-0.39, 0.29) is 11.8 Å². The number of aryl methyl sites for hydroxylation is 1. The first-order valence-electron chi connectivity index (χ1n) is 11.3. The molecule has 0 aliphatic carbocycles. The largest absolute Gasteiger partial charge is 0.381 e. The summed E-state index contributed by atoms with van der Waals surface area (Å²) in [6.07, 6.45) is 6.09. The van der Waals surface area contributed by atoms with Gasteiger partial charge in [-0.3, -0.25) is 4.79 Å². The van der Waals surface area contributed by atoms with E-state index in [0.717, 1.165) is 74.6 Å². The quantitative estimate of drug-likeness (QED) is 0.568. The first kappa shape index (κ1) is 20.6. The van der Waals surface area contributed by atoms with Gasteiger partial charge in [0.15, 0.2) is 5.82 Å². The van der Waals surface area contributed by atoms with Gasteiger partial charge in [-0.05, 0) is 50.7 Å². The molecule has 5 rings (SSSR count). The van der Waals surface area contributed by atoms with Crippen molar-refractivity contribution in [2.24, 2.45) is 0 Å². The number of carbonyl (C=O) groups is 1. The molecule has 2 aliphatic heterocycles. The summed E-state index contributed by atoms with van der Waals surface area (Å²) in [7, 11) is 0. The normalized spacial score (nSPS) is 20.4. The predicted octanol–water partition coefficient (Wildman–Crippen LogP) is 4.30. The summed E-state index contributed by atoms with van der Waals surface area (Å²) in [5.74, 6) is 2.18. The van der Waals surface area contributed by atoms with Gasteiger partial charge in [-0.25, -0.2) is 4.98 Å². The number of ether oxygens (including phenoxy) is 1. The number of hydrogen-bond acceptors (Lipinski definition) is 7. The number of para-hydroxylation sites is 1. The van der Waals surface area contributed by atoms with Crippen LogP contribution in [0.4, 0.5) is 0 Å². The molecule has 0 bridgehead atoms. The molecule has 0 spiro atoms. The molecule has 2 aromatic heterocycles. The summed E-state index contributed by atoms with van der Waals surface area (Å²) in [6.45, 7) is 3.02. The van der Waals surface area contributed by atoms with Crippen LogP contribution in [0.2, 0.25) is 0 Å². The highest BCUT2D eigenvalue weighted by Crippen LogP contribution is 2.30. The van der Waals surface area contributed by atoms with Gasteiger partial charge < -0.3 is 14.2 Å². The van der Waals surface area contributed by atoms with Crippen molar-refractivity contribution >= 4 is 27.5 Å².